The number of ether oxygens (including phenoxy) is 1. The van der Waals surface area contributed by atoms with E-state index in [1.165, 1.54) is 25.7 Å². The van der Waals surface area contributed by atoms with E-state index in [1.54, 1.807) is 0 Å². The smallest absolute Gasteiger partial charge is 0.306 e. The molecule has 0 unspecified atom stereocenters. The zero-order valence-corrected chi connectivity index (χ0v) is 10.3. The standard InChI is InChI=1S/C13H24O2/c1-4-12(14)15-13(5-2,6-3)11-9-7-8-10-11/h11H,4-10H2,1-3H3. The quantitative estimate of drug-likeness (QED) is 0.650. The molecule has 0 saturated heterocycles. The van der Waals surface area contributed by atoms with Crippen LogP contribution in [0.4, 0.5) is 0 Å². The Balaban J connectivity index is 2.71. The predicted octanol–water partition coefficient (Wildman–Crippen LogP) is 3.69. The Bertz CT molecular complexity index is 201. The minimum absolute atomic E-state index is 0.0365. The first-order chi connectivity index (χ1) is 7.18. The van der Waals surface area contributed by atoms with Crippen LogP contribution in [0.3, 0.4) is 0 Å². The summed E-state index contributed by atoms with van der Waals surface area (Å²) in [5.74, 6) is 0.564. The van der Waals surface area contributed by atoms with Gasteiger partial charge in [0.25, 0.3) is 0 Å². The van der Waals surface area contributed by atoms with Gasteiger partial charge < -0.3 is 4.74 Å². The average molecular weight is 212 g/mol. The third-order valence-electron chi connectivity index (χ3n) is 3.90. The van der Waals surface area contributed by atoms with E-state index in [1.807, 2.05) is 6.92 Å². The minimum atomic E-state index is -0.163. The lowest BCUT2D eigenvalue weighted by molar-refractivity contribution is -0.167. The summed E-state index contributed by atoms with van der Waals surface area (Å²) in [6.45, 7) is 6.16. The van der Waals surface area contributed by atoms with Gasteiger partial charge in [-0.1, -0.05) is 33.6 Å². The monoisotopic (exact) mass is 212 g/mol. The summed E-state index contributed by atoms with van der Waals surface area (Å²) < 4.78 is 5.73. The van der Waals surface area contributed by atoms with E-state index < -0.39 is 0 Å². The minimum Gasteiger partial charge on any atom is -0.459 e. The lowest BCUT2D eigenvalue weighted by atomic mass is 9.81. The Kier molecular flexibility index (Phi) is 4.62. The molecule has 1 fully saturated rings. The van der Waals surface area contributed by atoms with E-state index in [9.17, 15) is 4.79 Å². The number of hydrogen-bond acceptors (Lipinski definition) is 2. The highest BCUT2D eigenvalue weighted by Crippen LogP contribution is 2.40. The fourth-order valence-corrected chi connectivity index (χ4v) is 2.81. The van der Waals surface area contributed by atoms with Crippen LogP contribution < -0.4 is 0 Å². The van der Waals surface area contributed by atoms with Gasteiger partial charge in [0.05, 0.1) is 0 Å². The number of carbonyl (C=O) groups is 1. The molecule has 0 aromatic rings. The molecule has 0 spiro atoms. The van der Waals surface area contributed by atoms with Crippen LogP contribution in [0.5, 0.6) is 0 Å². The Hall–Kier alpha value is -0.530. The van der Waals surface area contributed by atoms with Crippen molar-refractivity contribution in [3.63, 3.8) is 0 Å². The van der Waals surface area contributed by atoms with Crippen LogP contribution in [-0.4, -0.2) is 11.6 Å². The molecule has 0 aliphatic heterocycles. The van der Waals surface area contributed by atoms with Crippen molar-refractivity contribution in [3.05, 3.63) is 0 Å². The summed E-state index contributed by atoms with van der Waals surface area (Å²) >= 11 is 0. The lowest BCUT2D eigenvalue weighted by Gasteiger charge is -2.37. The molecule has 0 N–H and O–H groups in total. The maximum absolute atomic E-state index is 11.5. The number of hydrogen-bond donors (Lipinski definition) is 0. The highest BCUT2D eigenvalue weighted by molar-refractivity contribution is 5.69. The second-order valence-electron chi connectivity index (χ2n) is 4.58. The van der Waals surface area contributed by atoms with Crippen LogP contribution in [0.15, 0.2) is 0 Å². The third-order valence-corrected chi connectivity index (χ3v) is 3.90. The molecule has 15 heavy (non-hydrogen) atoms. The normalized spacial score (nSPS) is 18.1. The zero-order chi connectivity index (χ0) is 11.3. The molecule has 1 aliphatic carbocycles. The Labute approximate surface area is 93.4 Å². The number of carbonyl (C=O) groups excluding carboxylic acids is 1. The second kappa shape index (κ2) is 5.53. The summed E-state index contributed by atoms with van der Waals surface area (Å²) in [4.78, 5) is 11.5. The molecule has 0 amide bonds. The summed E-state index contributed by atoms with van der Waals surface area (Å²) in [6.07, 6.45) is 7.48. The molecule has 0 bridgehead atoms. The molecule has 0 heterocycles. The molecule has 2 nitrogen and oxygen atoms in total. The van der Waals surface area contributed by atoms with E-state index in [0.29, 0.717) is 12.3 Å². The van der Waals surface area contributed by atoms with Gasteiger partial charge in [-0.2, -0.15) is 0 Å². The third kappa shape index (κ3) is 2.73. The summed E-state index contributed by atoms with van der Waals surface area (Å²) in [6, 6.07) is 0. The average Bonchev–Trinajstić information content (AvgIpc) is 2.79. The largest absolute Gasteiger partial charge is 0.459 e. The highest BCUT2D eigenvalue weighted by atomic mass is 16.6. The zero-order valence-electron chi connectivity index (χ0n) is 10.3. The lowest BCUT2D eigenvalue weighted by Crippen LogP contribution is -2.40. The molecule has 0 atom stereocenters. The maximum Gasteiger partial charge on any atom is 0.306 e. The van der Waals surface area contributed by atoms with Gasteiger partial charge >= 0.3 is 5.97 Å². The van der Waals surface area contributed by atoms with E-state index >= 15 is 0 Å². The second-order valence-corrected chi connectivity index (χ2v) is 4.58. The van der Waals surface area contributed by atoms with Crippen LogP contribution in [0, 0.1) is 5.92 Å². The Morgan fingerprint density at radius 3 is 2.13 bits per heavy atom. The van der Waals surface area contributed by atoms with Crippen LogP contribution in [-0.2, 0) is 9.53 Å². The fourth-order valence-electron chi connectivity index (χ4n) is 2.81. The Morgan fingerprint density at radius 1 is 1.20 bits per heavy atom. The molecule has 88 valence electrons. The van der Waals surface area contributed by atoms with Crippen LogP contribution in [0.2, 0.25) is 0 Å². The molecule has 1 saturated carbocycles. The van der Waals surface area contributed by atoms with Crippen molar-refractivity contribution >= 4 is 5.97 Å². The summed E-state index contributed by atoms with van der Waals surface area (Å²) in [5.41, 5.74) is -0.163. The SMILES string of the molecule is CCC(=O)OC(CC)(CC)C1CCCC1. The first-order valence-electron chi connectivity index (χ1n) is 6.40. The van der Waals surface area contributed by atoms with E-state index in [2.05, 4.69) is 13.8 Å². The van der Waals surface area contributed by atoms with Crippen molar-refractivity contribution in [2.24, 2.45) is 5.92 Å². The van der Waals surface area contributed by atoms with Crippen LogP contribution in [0.25, 0.3) is 0 Å². The van der Waals surface area contributed by atoms with Gasteiger partial charge in [0, 0.05) is 6.42 Å². The van der Waals surface area contributed by atoms with Gasteiger partial charge in [0.2, 0.25) is 0 Å². The predicted molar refractivity (Wildman–Crippen MR) is 61.7 cm³/mol. The van der Waals surface area contributed by atoms with Gasteiger partial charge in [-0.3, -0.25) is 4.79 Å². The van der Waals surface area contributed by atoms with Crippen LogP contribution >= 0.6 is 0 Å². The van der Waals surface area contributed by atoms with Crippen molar-refractivity contribution in [2.45, 2.75) is 71.3 Å². The first kappa shape index (κ1) is 12.5. The van der Waals surface area contributed by atoms with Gasteiger partial charge in [0.1, 0.15) is 5.60 Å². The van der Waals surface area contributed by atoms with E-state index in [4.69, 9.17) is 4.74 Å². The van der Waals surface area contributed by atoms with Gasteiger partial charge in [-0.15, -0.1) is 0 Å². The van der Waals surface area contributed by atoms with Gasteiger partial charge in [-0.25, -0.2) is 0 Å². The molecular weight excluding hydrogens is 188 g/mol. The Morgan fingerprint density at radius 2 is 1.73 bits per heavy atom. The van der Waals surface area contributed by atoms with E-state index in [0.717, 1.165) is 12.8 Å². The topological polar surface area (TPSA) is 26.3 Å². The molecule has 0 aromatic carbocycles. The van der Waals surface area contributed by atoms with Gasteiger partial charge in [-0.05, 0) is 31.6 Å². The molecule has 0 radical (unpaired) electrons. The molecule has 0 aromatic heterocycles. The van der Waals surface area contributed by atoms with Crippen molar-refractivity contribution in [1.29, 1.82) is 0 Å². The van der Waals surface area contributed by atoms with Gasteiger partial charge in [0.15, 0.2) is 0 Å². The number of rotatable bonds is 5. The summed E-state index contributed by atoms with van der Waals surface area (Å²) in [5, 5.41) is 0. The number of esters is 1. The van der Waals surface area contributed by atoms with Crippen molar-refractivity contribution in [1.82, 2.24) is 0 Å². The van der Waals surface area contributed by atoms with Crippen molar-refractivity contribution < 1.29 is 9.53 Å². The highest BCUT2D eigenvalue weighted by Gasteiger charge is 2.40. The summed E-state index contributed by atoms with van der Waals surface area (Å²) in [7, 11) is 0. The maximum atomic E-state index is 11.5. The van der Waals surface area contributed by atoms with E-state index in [-0.39, 0.29) is 11.6 Å². The fraction of sp³-hybridized carbons (Fsp3) is 0.923. The first-order valence-corrected chi connectivity index (χ1v) is 6.40. The molecule has 1 rings (SSSR count). The molecule has 1 aliphatic rings. The molecular formula is C13H24O2. The van der Waals surface area contributed by atoms with Crippen molar-refractivity contribution in [2.75, 3.05) is 0 Å². The molecule has 2 heteroatoms. The van der Waals surface area contributed by atoms with Crippen molar-refractivity contribution in [3.8, 4) is 0 Å². The van der Waals surface area contributed by atoms with Crippen LogP contribution in [0.1, 0.15) is 65.7 Å².